The van der Waals surface area contributed by atoms with Crippen LogP contribution in [-0.2, 0) is 6.18 Å². The maximum absolute atomic E-state index is 12.7. The van der Waals surface area contributed by atoms with Crippen LogP contribution < -0.4 is 0 Å². The van der Waals surface area contributed by atoms with Crippen LogP contribution in [0.25, 0.3) is 33.2 Å². The molecule has 2 nitrogen and oxygen atoms in total. The number of aromatic nitrogens is 1. The Balaban J connectivity index is 1.92. The lowest BCUT2D eigenvalue weighted by molar-refractivity contribution is -0.137. The first-order valence-electron chi connectivity index (χ1n) is 6.98. The minimum atomic E-state index is -4.39. The zero-order chi connectivity index (χ0) is 16.0. The molecule has 2 aromatic carbocycles. The van der Waals surface area contributed by atoms with Crippen LogP contribution in [0, 0.1) is 0 Å². The monoisotopic (exact) mass is 313 g/mol. The van der Waals surface area contributed by atoms with Gasteiger partial charge in [0.1, 0.15) is 11.2 Å². The van der Waals surface area contributed by atoms with E-state index < -0.39 is 11.7 Å². The summed E-state index contributed by atoms with van der Waals surface area (Å²) in [6.45, 7) is 0. The summed E-state index contributed by atoms with van der Waals surface area (Å²) in [7, 11) is 0. The Labute approximate surface area is 129 Å². The summed E-state index contributed by atoms with van der Waals surface area (Å²) in [5, 5.41) is 1.89. The molecular weight excluding hydrogens is 303 g/mol. The van der Waals surface area contributed by atoms with Crippen LogP contribution >= 0.6 is 0 Å². The lowest BCUT2D eigenvalue weighted by Crippen LogP contribution is -2.05. The van der Waals surface area contributed by atoms with Gasteiger partial charge in [0, 0.05) is 22.5 Å². The number of alkyl halides is 3. The summed E-state index contributed by atoms with van der Waals surface area (Å²) in [5.41, 5.74) is 1.72. The van der Waals surface area contributed by atoms with Gasteiger partial charge in [0.15, 0.2) is 0 Å². The fourth-order valence-electron chi connectivity index (χ4n) is 2.67. The van der Waals surface area contributed by atoms with Gasteiger partial charge in [-0.2, -0.15) is 13.2 Å². The van der Waals surface area contributed by atoms with Crippen molar-refractivity contribution in [2.24, 2.45) is 0 Å². The third kappa shape index (κ3) is 2.25. The molecule has 0 aliphatic carbocycles. The van der Waals surface area contributed by atoms with E-state index in [1.165, 1.54) is 6.07 Å². The van der Waals surface area contributed by atoms with Crippen LogP contribution in [0.5, 0.6) is 0 Å². The van der Waals surface area contributed by atoms with Crippen LogP contribution in [0.4, 0.5) is 13.2 Å². The van der Waals surface area contributed by atoms with Crippen molar-refractivity contribution in [3.8, 4) is 11.3 Å². The molecule has 23 heavy (non-hydrogen) atoms. The van der Waals surface area contributed by atoms with E-state index >= 15 is 0 Å². The molecule has 4 aromatic rings. The number of nitrogens with zero attached hydrogens (tertiary/aromatic N) is 1. The van der Waals surface area contributed by atoms with Crippen molar-refractivity contribution >= 4 is 21.9 Å². The van der Waals surface area contributed by atoms with E-state index in [1.807, 2.05) is 36.4 Å². The van der Waals surface area contributed by atoms with E-state index in [2.05, 4.69) is 4.98 Å². The van der Waals surface area contributed by atoms with Crippen molar-refractivity contribution in [1.29, 1.82) is 0 Å². The molecule has 0 aliphatic heterocycles. The maximum atomic E-state index is 12.7. The molecule has 0 N–H and O–H groups in total. The number of furan rings is 1. The van der Waals surface area contributed by atoms with E-state index in [-0.39, 0.29) is 0 Å². The van der Waals surface area contributed by atoms with E-state index in [1.54, 1.807) is 6.07 Å². The second-order valence-electron chi connectivity index (χ2n) is 5.21. The molecule has 4 rings (SSSR count). The van der Waals surface area contributed by atoms with E-state index in [0.717, 1.165) is 28.6 Å². The van der Waals surface area contributed by atoms with Crippen molar-refractivity contribution in [3.05, 3.63) is 66.4 Å². The molecule has 0 saturated heterocycles. The predicted molar refractivity (Wildman–Crippen MR) is 82.0 cm³/mol. The number of hydrogen-bond donors (Lipinski definition) is 0. The quantitative estimate of drug-likeness (QED) is 0.453. The van der Waals surface area contributed by atoms with Gasteiger partial charge in [-0.3, -0.25) is 4.98 Å². The van der Waals surface area contributed by atoms with Crippen LogP contribution in [0.1, 0.15) is 5.56 Å². The molecule has 0 unspecified atom stereocenters. The first-order valence-corrected chi connectivity index (χ1v) is 6.98. The number of fused-ring (bicyclic) bond motifs is 3. The molecule has 0 spiro atoms. The summed E-state index contributed by atoms with van der Waals surface area (Å²) >= 11 is 0. The second-order valence-corrected chi connectivity index (χ2v) is 5.21. The van der Waals surface area contributed by atoms with Crippen LogP contribution in [0.3, 0.4) is 0 Å². The van der Waals surface area contributed by atoms with Crippen molar-refractivity contribution in [1.82, 2.24) is 4.98 Å². The minimum Gasteiger partial charge on any atom is -0.455 e. The average Bonchev–Trinajstić information content (AvgIpc) is 2.93. The van der Waals surface area contributed by atoms with Gasteiger partial charge >= 0.3 is 6.18 Å². The summed E-state index contributed by atoms with van der Waals surface area (Å²) in [4.78, 5) is 3.96. The Morgan fingerprint density at radius 3 is 2.35 bits per heavy atom. The highest BCUT2D eigenvalue weighted by Gasteiger charge is 2.30. The lowest BCUT2D eigenvalue weighted by atomic mass is 10.1. The predicted octanol–water partition coefficient (Wildman–Crippen LogP) is 5.67. The smallest absolute Gasteiger partial charge is 0.417 e. The number of halogens is 3. The molecule has 0 bridgehead atoms. The fourth-order valence-corrected chi connectivity index (χ4v) is 2.67. The number of para-hydroxylation sites is 2. The Morgan fingerprint density at radius 2 is 1.61 bits per heavy atom. The van der Waals surface area contributed by atoms with Gasteiger partial charge in [0.2, 0.25) is 0 Å². The third-order valence-corrected chi connectivity index (χ3v) is 3.77. The summed E-state index contributed by atoms with van der Waals surface area (Å²) in [6.07, 6.45) is -3.55. The molecule has 0 aliphatic rings. The number of benzene rings is 2. The molecule has 114 valence electrons. The second kappa shape index (κ2) is 4.84. The average molecular weight is 313 g/mol. The Hall–Kier alpha value is -2.82. The van der Waals surface area contributed by atoms with Gasteiger partial charge in [0.25, 0.3) is 0 Å². The largest absolute Gasteiger partial charge is 0.455 e. The zero-order valence-electron chi connectivity index (χ0n) is 11.8. The van der Waals surface area contributed by atoms with Gasteiger partial charge in [-0.15, -0.1) is 0 Å². The summed E-state index contributed by atoms with van der Waals surface area (Å²) in [6, 6.07) is 15.6. The Bertz CT molecular complexity index is 1000. The highest BCUT2D eigenvalue weighted by atomic mass is 19.4. The first-order chi connectivity index (χ1) is 11.0. The molecule has 0 amide bonds. The van der Waals surface area contributed by atoms with E-state index in [0.29, 0.717) is 16.8 Å². The van der Waals surface area contributed by atoms with E-state index in [9.17, 15) is 13.2 Å². The highest BCUT2D eigenvalue weighted by Crippen LogP contribution is 2.36. The molecule has 2 aromatic heterocycles. The standard InChI is InChI=1S/C18H10F3NO/c19-18(20,21)11-8-9-15(22-10-11)14-6-3-5-13-12-4-1-2-7-16(12)23-17(13)14/h1-10H. The number of rotatable bonds is 1. The van der Waals surface area contributed by atoms with Gasteiger partial charge < -0.3 is 4.42 Å². The summed E-state index contributed by atoms with van der Waals surface area (Å²) < 4.78 is 43.8. The van der Waals surface area contributed by atoms with Gasteiger partial charge in [-0.1, -0.05) is 30.3 Å². The van der Waals surface area contributed by atoms with E-state index in [4.69, 9.17) is 4.42 Å². The van der Waals surface area contributed by atoms with Crippen molar-refractivity contribution in [3.63, 3.8) is 0 Å². The van der Waals surface area contributed by atoms with Gasteiger partial charge in [-0.25, -0.2) is 0 Å². The maximum Gasteiger partial charge on any atom is 0.417 e. The molecule has 0 fully saturated rings. The molecule has 0 saturated carbocycles. The lowest BCUT2D eigenvalue weighted by Gasteiger charge is -2.07. The SMILES string of the molecule is FC(F)(F)c1ccc(-c2cccc3c2oc2ccccc23)nc1. The Morgan fingerprint density at radius 1 is 0.826 bits per heavy atom. The molecule has 2 heterocycles. The topological polar surface area (TPSA) is 26.0 Å². The van der Waals surface area contributed by atoms with Gasteiger partial charge in [0.05, 0.1) is 11.3 Å². The van der Waals surface area contributed by atoms with Crippen molar-refractivity contribution in [2.45, 2.75) is 6.18 Å². The molecule has 0 radical (unpaired) electrons. The third-order valence-electron chi connectivity index (χ3n) is 3.77. The number of hydrogen-bond acceptors (Lipinski definition) is 2. The minimum absolute atomic E-state index is 0.447. The van der Waals surface area contributed by atoms with Crippen LogP contribution in [-0.4, -0.2) is 4.98 Å². The normalized spacial score (nSPS) is 12.1. The van der Waals surface area contributed by atoms with Crippen molar-refractivity contribution in [2.75, 3.05) is 0 Å². The Kier molecular flexibility index (Phi) is 2.91. The molecule has 5 heteroatoms. The molecular formula is C18H10F3NO. The first kappa shape index (κ1) is 13.8. The fraction of sp³-hybridized carbons (Fsp3) is 0.0556. The van der Waals surface area contributed by atoms with Gasteiger partial charge in [-0.05, 0) is 24.3 Å². The highest BCUT2D eigenvalue weighted by molar-refractivity contribution is 6.09. The van der Waals surface area contributed by atoms with Crippen LogP contribution in [0.2, 0.25) is 0 Å². The van der Waals surface area contributed by atoms with Crippen molar-refractivity contribution < 1.29 is 17.6 Å². The summed E-state index contributed by atoms with van der Waals surface area (Å²) in [5.74, 6) is 0. The number of pyridine rings is 1. The van der Waals surface area contributed by atoms with Crippen LogP contribution in [0.15, 0.2) is 65.2 Å². The zero-order valence-corrected chi connectivity index (χ0v) is 11.8. The molecule has 0 atom stereocenters.